The van der Waals surface area contributed by atoms with Gasteiger partial charge in [-0.2, -0.15) is 5.26 Å². The zero-order chi connectivity index (χ0) is 23.8. The minimum absolute atomic E-state index is 0.0641. The number of hydrogen-bond donors (Lipinski definition) is 2. The Bertz CT molecular complexity index is 1210. The molecule has 2 N–H and O–H groups in total. The van der Waals surface area contributed by atoms with Gasteiger partial charge in [0.2, 0.25) is 5.91 Å². The summed E-state index contributed by atoms with van der Waals surface area (Å²) in [5.41, 5.74) is 4.07. The molecule has 7 nitrogen and oxygen atoms in total. The van der Waals surface area contributed by atoms with Crippen LogP contribution in [0.1, 0.15) is 31.2 Å². The van der Waals surface area contributed by atoms with Gasteiger partial charge in [-0.15, -0.1) is 0 Å². The highest BCUT2D eigenvalue weighted by Crippen LogP contribution is 2.30. The number of carbonyl (C=O) groups excluding carboxylic acids is 1. The Morgan fingerprint density at radius 3 is 2.36 bits per heavy atom. The lowest BCUT2D eigenvalue weighted by Crippen LogP contribution is -2.25. The van der Waals surface area contributed by atoms with Crippen molar-refractivity contribution in [2.75, 3.05) is 7.11 Å². The standard InChI is InChI=1S/C25H24ClN3O4/c1-33-20-12-8-18(9-13-20)23-15-21(17-6-10-19(26)11-7-17)22(16-27)25(31)29(23)14-4-2-3-5-24(30)28-32/h6-13,15,32H,2-5,14H2,1H3,(H,28,30). The quantitative estimate of drug-likeness (QED) is 0.269. The van der Waals surface area contributed by atoms with Gasteiger partial charge >= 0.3 is 0 Å². The van der Waals surface area contributed by atoms with Gasteiger partial charge in [-0.25, -0.2) is 5.48 Å². The summed E-state index contributed by atoms with van der Waals surface area (Å²) in [5.74, 6) is 0.256. The van der Waals surface area contributed by atoms with Crippen molar-refractivity contribution in [1.82, 2.24) is 10.0 Å². The number of carbonyl (C=O) groups is 1. The molecule has 3 aromatic rings. The van der Waals surface area contributed by atoms with Crippen molar-refractivity contribution in [1.29, 1.82) is 5.26 Å². The lowest BCUT2D eigenvalue weighted by Gasteiger charge is -2.17. The predicted octanol–water partition coefficient (Wildman–Crippen LogP) is 4.78. The van der Waals surface area contributed by atoms with Crippen molar-refractivity contribution in [2.24, 2.45) is 0 Å². The van der Waals surface area contributed by atoms with E-state index in [2.05, 4.69) is 6.07 Å². The maximum Gasteiger partial charge on any atom is 0.269 e. The van der Waals surface area contributed by atoms with Crippen molar-refractivity contribution >= 4 is 17.5 Å². The molecule has 0 radical (unpaired) electrons. The predicted molar refractivity (Wildman–Crippen MR) is 126 cm³/mol. The van der Waals surface area contributed by atoms with Gasteiger partial charge in [0.05, 0.1) is 12.8 Å². The first kappa shape index (κ1) is 24.1. The van der Waals surface area contributed by atoms with Crippen LogP contribution in [-0.2, 0) is 11.3 Å². The molecule has 0 fully saturated rings. The van der Waals surface area contributed by atoms with Crippen LogP contribution in [0.3, 0.4) is 0 Å². The van der Waals surface area contributed by atoms with E-state index in [4.69, 9.17) is 21.5 Å². The van der Waals surface area contributed by atoms with Crippen molar-refractivity contribution in [3.05, 3.63) is 75.5 Å². The van der Waals surface area contributed by atoms with Crippen molar-refractivity contribution in [3.63, 3.8) is 0 Å². The third kappa shape index (κ3) is 5.80. The number of hydroxylamine groups is 1. The summed E-state index contributed by atoms with van der Waals surface area (Å²) in [6.45, 7) is 0.385. The summed E-state index contributed by atoms with van der Waals surface area (Å²) < 4.78 is 6.85. The molecule has 0 atom stereocenters. The van der Waals surface area contributed by atoms with Gasteiger partial charge in [0, 0.05) is 23.6 Å². The minimum atomic E-state index is -0.440. The Balaban J connectivity index is 2.04. The molecule has 1 aromatic heterocycles. The Morgan fingerprint density at radius 1 is 1.09 bits per heavy atom. The molecule has 170 valence electrons. The largest absolute Gasteiger partial charge is 0.497 e. The van der Waals surface area contributed by atoms with Crippen LogP contribution in [0.5, 0.6) is 5.75 Å². The number of nitrogens with one attached hydrogen (secondary N) is 1. The second kappa shape index (κ2) is 11.3. The van der Waals surface area contributed by atoms with Gasteiger partial charge in [0.25, 0.3) is 5.56 Å². The molecule has 1 amide bonds. The summed E-state index contributed by atoms with van der Waals surface area (Å²) in [5, 5.41) is 19.0. The normalized spacial score (nSPS) is 10.5. The average molecular weight is 466 g/mol. The van der Waals surface area contributed by atoms with Crippen molar-refractivity contribution < 1.29 is 14.7 Å². The lowest BCUT2D eigenvalue weighted by atomic mass is 9.98. The van der Waals surface area contributed by atoms with Crippen molar-refractivity contribution in [2.45, 2.75) is 32.2 Å². The monoisotopic (exact) mass is 465 g/mol. The van der Waals surface area contributed by atoms with Gasteiger partial charge in [-0.05, 0) is 66.4 Å². The molecule has 0 saturated heterocycles. The average Bonchev–Trinajstić information content (AvgIpc) is 2.84. The van der Waals surface area contributed by atoms with Crippen LogP contribution in [-0.4, -0.2) is 22.8 Å². The first-order chi connectivity index (χ1) is 16.0. The number of benzene rings is 2. The van der Waals surface area contributed by atoms with E-state index in [1.54, 1.807) is 41.4 Å². The fourth-order valence-corrected chi connectivity index (χ4v) is 3.75. The topological polar surface area (TPSA) is 104 Å². The Kier molecular flexibility index (Phi) is 8.25. The molecular formula is C25H24ClN3O4. The number of methoxy groups -OCH3 is 1. The van der Waals surface area contributed by atoms with Crippen LogP contribution >= 0.6 is 11.6 Å². The molecule has 33 heavy (non-hydrogen) atoms. The minimum Gasteiger partial charge on any atom is -0.497 e. The van der Waals surface area contributed by atoms with E-state index in [-0.39, 0.29) is 17.5 Å². The summed E-state index contributed by atoms with van der Waals surface area (Å²) in [7, 11) is 1.59. The second-order valence-corrected chi connectivity index (χ2v) is 7.90. The zero-order valence-electron chi connectivity index (χ0n) is 18.2. The Morgan fingerprint density at radius 2 is 1.76 bits per heavy atom. The summed E-state index contributed by atoms with van der Waals surface area (Å²) in [6.07, 6.45) is 2.10. The Labute approximate surface area is 196 Å². The summed E-state index contributed by atoms with van der Waals surface area (Å²) in [4.78, 5) is 24.6. The molecule has 0 spiro atoms. The molecule has 3 rings (SSSR count). The third-order valence-electron chi connectivity index (χ3n) is 5.36. The highest BCUT2D eigenvalue weighted by atomic mass is 35.5. The number of rotatable bonds is 9. The molecular weight excluding hydrogens is 442 g/mol. The van der Waals surface area contributed by atoms with Crippen LogP contribution in [0.2, 0.25) is 5.02 Å². The number of nitrogens with zero attached hydrogens (tertiary/aromatic N) is 2. The number of ether oxygens (including phenoxy) is 1. The number of halogens is 1. The van der Waals surface area contributed by atoms with E-state index in [0.717, 1.165) is 11.1 Å². The molecule has 0 saturated carbocycles. The number of amides is 1. The zero-order valence-corrected chi connectivity index (χ0v) is 18.9. The second-order valence-electron chi connectivity index (χ2n) is 7.47. The van der Waals surface area contributed by atoms with E-state index in [1.165, 1.54) is 0 Å². The van der Waals surface area contributed by atoms with E-state index >= 15 is 0 Å². The van der Waals surface area contributed by atoms with Gasteiger partial charge in [0.1, 0.15) is 17.4 Å². The lowest BCUT2D eigenvalue weighted by molar-refractivity contribution is -0.129. The first-order valence-electron chi connectivity index (χ1n) is 10.5. The molecule has 0 aliphatic heterocycles. The van der Waals surface area contributed by atoms with Gasteiger partial charge in [0.15, 0.2) is 0 Å². The number of nitriles is 1. The molecule has 1 heterocycles. The highest BCUT2D eigenvalue weighted by molar-refractivity contribution is 6.30. The summed E-state index contributed by atoms with van der Waals surface area (Å²) in [6, 6.07) is 18.3. The van der Waals surface area contributed by atoms with E-state index in [1.807, 2.05) is 30.3 Å². The van der Waals surface area contributed by atoms with Gasteiger partial charge in [-0.1, -0.05) is 30.2 Å². The number of aromatic nitrogens is 1. The fraction of sp³-hybridized carbons (Fsp3) is 0.240. The molecule has 0 bridgehead atoms. The number of pyridine rings is 1. The van der Waals surface area contributed by atoms with Gasteiger partial charge < -0.3 is 9.30 Å². The first-order valence-corrected chi connectivity index (χ1v) is 10.9. The molecule has 0 unspecified atom stereocenters. The molecule has 2 aromatic carbocycles. The van der Waals surface area contributed by atoms with Crippen LogP contribution in [0, 0.1) is 11.3 Å². The number of hydrogen-bond acceptors (Lipinski definition) is 5. The smallest absolute Gasteiger partial charge is 0.269 e. The summed E-state index contributed by atoms with van der Waals surface area (Å²) >= 11 is 6.02. The molecule has 8 heteroatoms. The van der Waals surface area contributed by atoms with E-state index in [0.29, 0.717) is 47.8 Å². The maximum atomic E-state index is 13.4. The molecule has 0 aliphatic rings. The van der Waals surface area contributed by atoms with Crippen LogP contribution < -0.4 is 15.8 Å². The van der Waals surface area contributed by atoms with Crippen LogP contribution in [0.4, 0.5) is 0 Å². The van der Waals surface area contributed by atoms with Gasteiger partial charge in [-0.3, -0.25) is 14.8 Å². The van der Waals surface area contributed by atoms with Crippen molar-refractivity contribution in [3.8, 4) is 34.2 Å². The third-order valence-corrected chi connectivity index (χ3v) is 5.62. The number of unbranched alkanes of at least 4 members (excludes halogenated alkanes) is 2. The molecule has 0 aliphatic carbocycles. The van der Waals surface area contributed by atoms with Crippen LogP contribution in [0.15, 0.2) is 59.4 Å². The Hall–Kier alpha value is -3.60. The highest BCUT2D eigenvalue weighted by Gasteiger charge is 2.17. The maximum absolute atomic E-state index is 13.4. The van der Waals surface area contributed by atoms with E-state index in [9.17, 15) is 14.9 Å². The fourth-order valence-electron chi connectivity index (χ4n) is 3.62. The van der Waals surface area contributed by atoms with E-state index < -0.39 is 5.91 Å². The SMILES string of the molecule is COc1ccc(-c2cc(-c3ccc(Cl)cc3)c(C#N)c(=O)n2CCCCCC(=O)NO)cc1. The van der Waals surface area contributed by atoms with Crippen LogP contribution in [0.25, 0.3) is 22.4 Å².